The van der Waals surface area contributed by atoms with Gasteiger partial charge in [-0.3, -0.25) is 0 Å². The Labute approximate surface area is 315 Å². The summed E-state index contributed by atoms with van der Waals surface area (Å²) in [5.41, 5.74) is 3.61. The van der Waals surface area contributed by atoms with Crippen molar-refractivity contribution in [1.82, 2.24) is 0 Å². The van der Waals surface area contributed by atoms with Crippen molar-refractivity contribution in [2.45, 2.75) is 75.9 Å². The minimum Gasteiger partial charge on any atom is -0.491 e. The molecule has 0 spiro atoms. The zero-order valence-corrected chi connectivity index (χ0v) is 30.6. The van der Waals surface area contributed by atoms with Crippen LogP contribution in [0, 0.1) is 5.82 Å². The van der Waals surface area contributed by atoms with E-state index in [1.54, 1.807) is 19.1 Å². The number of rotatable bonds is 15. The predicted molar refractivity (Wildman–Crippen MR) is 200 cm³/mol. The largest absolute Gasteiger partial charge is 0.491 e. The summed E-state index contributed by atoms with van der Waals surface area (Å²) >= 11 is 6.81. The predicted octanol–water partition coefficient (Wildman–Crippen LogP) is 8.56. The highest BCUT2D eigenvalue weighted by molar-refractivity contribution is 6.31. The molecule has 5 aromatic rings. The second kappa shape index (κ2) is 16.5. The normalized spacial score (nSPS) is 24.2. The third-order valence-corrected chi connectivity index (χ3v) is 10.4. The van der Waals surface area contributed by atoms with Gasteiger partial charge in [0.25, 0.3) is 0 Å². The van der Waals surface area contributed by atoms with E-state index >= 15 is 0 Å². The van der Waals surface area contributed by atoms with Crippen molar-refractivity contribution in [1.29, 1.82) is 0 Å². The Morgan fingerprint density at radius 3 is 1.91 bits per heavy atom. The van der Waals surface area contributed by atoms with Gasteiger partial charge in [-0.2, -0.15) is 0 Å². The van der Waals surface area contributed by atoms with Crippen LogP contribution in [0.1, 0.15) is 47.2 Å². The molecule has 0 saturated carbocycles. The smallest absolute Gasteiger partial charge is 0.225 e. The summed E-state index contributed by atoms with van der Waals surface area (Å²) in [6.07, 6.45) is -3.14. The van der Waals surface area contributed by atoms with E-state index in [0.29, 0.717) is 29.2 Å². The highest BCUT2D eigenvalue weighted by Gasteiger charge is 2.71. The molecule has 1 N–H and O–H groups in total. The Hall–Kier alpha value is -4.12. The number of halogens is 2. The van der Waals surface area contributed by atoms with Gasteiger partial charge < -0.3 is 33.5 Å². The van der Waals surface area contributed by atoms with E-state index in [0.717, 1.165) is 22.3 Å². The number of aliphatic hydroxyl groups is 1. The van der Waals surface area contributed by atoms with E-state index in [1.165, 1.54) is 6.07 Å². The van der Waals surface area contributed by atoms with Crippen LogP contribution in [0.25, 0.3) is 0 Å². The average molecular weight is 739 g/mol. The zero-order valence-electron chi connectivity index (χ0n) is 29.8. The maximum absolute atomic E-state index is 14.9. The monoisotopic (exact) mass is 738 g/mol. The summed E-state index contributed by atoms with van der Waals surface area (Å²) in [5.74, 6) is -1.78. The molecule has 0 radical (unpaired) electrons. The third-order valence-electron chi connectivity index (χ3n) is 9.98. The van der Waals surface area contributed by atoms with Gasteiger partial charge in [-0.1, -0.05) is 115 Å². The highest BCUT2D eigenvalue weighted by atomic mass is 35.5. The van der Waals surface area contributed by atoms with Gasteiger partial charge in [-0.15, -0.1) is 0 Å². The van der Waals surface area contributed by atoms with Gasteiger partial charge in [0.05, 0.1) is 39.1 Å². The van der Waals surface area contributed by atoms with E-state index in [9.17, 15) is 9.50 Å². The van der Waals surface area contributed by atoms with Gasteiger partial charge in [-0.25, -0.2) is 4.39 Å². The van der Waals surface area contributed by atoms with Crippen LogP contribution in [0.3, 0.4) is 0 Å². The maximum Gasteiger partial charge on any atom is 0.225 e. The van der Waals surface area contributed by atoms with Crippen molar-refractivity contribution < 1.29 is 37.9 Å². The Morgan fingerprint density at radius 1 is 0.755 bits per heavy atom. The number of aliphatic hydroxyl groups excluding tert-OH is 1. The molecule has 0 amide bonds. The van der Waals surface area contributed by atoms with Crippen LogP contribution in [-0.2, 0) is 55.7 Å². The summed E-state index contributed by atoms with van der Waals surface area (Å²) < 4.78 is 54.7. The van der Waals surface area contributed by atoms with Crippen LogP contribution >= 0.6 is 11.6 Å². The van der Waals surface area contributed by atoms with Crippen LogP contribution in [0.5, 0.6) is 5.75 Å². The lowest BCUT2D eigenvalue weighted by Gasteiger charge is -2.52. The van der Waals surface area contributed by atoms with Crippen molar-refractivity contribution in [2.75, 3.05) is 13.2 Å². The first kappa shape index (κ1) is 37.2. The third kappa shape index (κ3) is 7.91. The molecule has 7 nitrogen and oxygen atoms in total. The quantitative estimate of drug-likeness (QED) is 0.115. The van der Waals surface area contributed by atoms with E-state index in [2.05, 4.69) is 0 Å². The summed E-state index contributed by atoms with van der Waals surface area (Å²) in [7, 11) is 0. The number of hydrogen-bond donors (Lipinski definition) is 1. The molecule has 0 unspecified atom stereocenters. The highest BCUT2D eigenvalue weighted by Crippen LogP contribution is 2.54. The van der Waals surface area contributed by atoms with Crippen LogP contribution < -0.4 is 4.74 Å². The van der Waals surface area contributed by atoms with Crippen molar-refractivity contribution in [3.8, 4) is 5.75 Å². The molecule has 0 aliphatic carbocycles. The Morgan fingerprint density at radius 2 is 1.34 bits per heavy atom. The first-order valence-electron chi connectivity index (χ1n) is 18.0. The standard InChI is InChI=1S/C44H44ClFO7/c1-3-48-39-22-19-34(24-38(39)46)23-35-25-36(20-21-37(35)45)44-42(51-28-33-17-11-6-12-18-33)40(49-26-31-13-7-4-8-14-31)41(43(53-44,29-52-44)30(2)47)50-27-32-15-9-5-10-16-32/h4-22,24-25,30,40-42,47H,3,23,26-29H2,1-2H3/t30-,40-,41+,42+,43+,44-/m0/s1. The first-order chi connectivity index (χ1) is 25.8. The fourth-order valence-corrected chi connectivity index (χ4v) is 7.41. The summed E-state index contributed by atoms with van der Waals surface area (Å²) in [6.45, 7) is 4.59. The van der Waals surface area contributed by atoms with Crippen molar-refractivity contribution >= 4 is 11.6 Å². The van der Waals surface area contributed by atoms with Crippen molar-refractivity contribution in [2.24, 2.45) is 0 Å². The van der Waals surface area contributed by atoms with Gasteiger partial charge in [0.15, 0.2) is 11.6 Å². The number of benzene rings is 5. The lowest BCUT2D eigenvalue weighted by Crippen LogP contribution is -2.69. The van der Waals surface area contributed by atoms with Gasteiger partial charge in [0, 0.05) is 10.6 Å². The number of fused-ring (bicyclic) bond motifs is 2. The summed E-state index contributed by atoms with van der Waals surface area (Å²) in [5, 5.41) is 12.1. The Kier molecular flexibility index (Phi) is 11.6. The molecule has 2 heterocycles. The van der Waals surface area contributed by atoms with Crippen LogP contribution in [0.4, 0.5) is 4.39 Å². The molecule has 2 aliphatic rings. The van der Waals surface area contributed by atoms with Crippen LogP contribution in [0.15, 0.2) is 127 Å². The number of ether oxygens (including phenoxy) is 6. The molecule has 276 valence electrons. The minimum absolute atomic E-state index is 0.00256. The fourth-order valence-electron chi connectivity index (χ4n) is 7.22. The van der Waals surface area contributed by atoms with E-state index in [-0.39, 0.29) is 32.2 Å². The van der Waals surface area contributed by atoms with Gasteiger partial charge in [-0.05, 0) is 72.4 Å². The molecule has 2 aliphatic heterocycles. The molecule has 0 aromatic heterocycles. The molecule has 5 aromatic carbocycles. The molecule has 2 bridgehead atoms. The van der Waals surface area contributed by atoms with Crippen molar-refractivity contribution in [3.63, 3.8) is 0 Å². The molecular formula is C44H44ClFO7. The zero-order chi connectivity index (χ0) is 36.8. The van der Waals surface area contributed by atoms with E-state index in [1.807, 2.05) is 116 Å². The number of hydrogen-bond acceptors (Lipinski definition) is 7. The second-order valence-electron chi connectivity index (χ2n) is 13.6. The average Bonchev–Trinajstić information content (AvgIpc) is 3.55. The molecule has 53 heavy (non-hydrogen) atoms. The minimum atomic E-state index is -1.54. The van der Waals surface area contributed by atoms with Crippen LogP contribution in [0.2, 0.25) is 5.02 Å². The van der Waals surface area contributed by atoms with Crippen molar-refractivity contribution in [3.05, 3.63) is 172 Å². The SMILES string of the molecule is CCOc1ccc(Cc2cc([C@]34OC[C@]([C@H](C)O)(O3)[C@H](OCc3ccccc3)[C@H](OCc3ccccc3)[C@H]4OCc3ccccc3)ccc2Cl)cc1F. The second-order valence-corrected chi connectivity index (χ2v) is 14.0. The van der Waals surface area contributed by atoms with E-state index in [4.69, 9.17) is 40.0 Å². The summed E-state index contributed by atoms with van der Waals surface area (Å²) in [6, 6.07) is 40.0. The van der Waals surface area contributed by atoms with Gasteiger partial charge in [0.2, 0.25) is 5.79 Å². The lowest BCUT2D eigenvalue weighted by molar-refractivity contribution is -0.359. The molecule has 2 saturated heterocycles. The van der Waals surface area contributed by atoms with Gasteiger partial charge in [0.1, 0.15) is 23.9 Å². The maximum atomic E-state index is 14.9. The lowest BCUT2D eigenvalue weighted by atomic mass is 9.80. The molecule has 2 fully saturated rings. The molecule has 6 atom stereocenters. The molecular weight excluding hydrogens is 695 g/mol. The van der Waals surface area contributed by atoms with Crippen LogP contribution in [-0.4, -0.2) is 48.3 Å². The fraction of sp³-hybridized carbons (Fsp3) is 0.318. The van der Waals surface area contributed by atoms with Gasteiger partial charge >= 0.3 is 0 Å². The molecule has 9 heteroatoms. The first-order valence-corrected chi connectivity index (χ1v) is 18.4. The Bertz CT molecular complexity index is 1950. The topological polar surface area (TPSA) is 75.6 Å². The molecule has 7 rings (SSSR count). The van der Waals surface area contributed by atoms with E-state index < -0.39 is 41.6 Å². The Balaban J connectivity index is 1.31. The summed E-state index contributed by atoms with van der Waals surface area (Å²) in [4.78, 5) is 0.